The molecule has 5 heteroatoms. The number of carbonyl (C=O) groups is 1. The third kappa shape index (κ3) is 5.55. The topological polar surface area (TPSA) is 68.1 Å². The number of aryl methyl sites for hydroxylation is 2. The van der Waals surface area contributed by atoms with Crippen LogP contribution in [0, 0.1) is 5.92 Å². The summed E-state index contributed by atoms with van der Waals surface area (Å²) in [4.78, 5) is 16.0. The van der Waals surface area contributed by atoms with Crippen molar-refractivity contribution in [2.24, 2.45) is 11.1 Å². The highest BCUT2D eigenvalue weighted by Crippen LogP contribution is 2.47. The van der Waals surface area contributed by atoms with E-state index in [0.717, 1.165) is 41.9 Å². The Morgan fingerprint density at radius 2 is 1.56 bits per heavy atom. The monoisotopic (exact) mass is 429 g/mol. The fourth-order valence-corrected chi connectivity index (χ4v) is 3.86. The van der Waals surface area contributed by atoms with Crippen LogP contribution in [0.4, 0.5) is 0 Å². The lowest BCUT2D eigenvalue weighted by Gasteiger charge is -2.10. The van der Waals surface area contributed by atoms with E-state index < -0.39 is 5.97 Å². The molecule has 164 valence electrons. The van der Waals surface area contributed by atoms with Crippen LogP contribution in [0.3, 0.4) is 0 Å². The Labute approximate surface area is 188 Å². The molecule has 1 aliphatic carbocycles. The predicted molar refractivity (Wildman–Crippen MR) is 124 cm³/mol. The molecular formula is C27H27NO4. The van der Waals surface area contributed by atoms with Gasteiger partial charge in [-0.3, -0.25) is 4.79 Å². The van der Waals surface area contributed by atoms with Crippen LogP contribution in [0.15, 0.2) is 84.0 Å². The second kappa shape index (κ2) is 10.1. The molecule has 0 amide bonds. The van der Waals surface area contributed by atoms with Crippen LogP contribution in [-0.2, 0) is 22.5 Å². The van der Waals surface area contributed by atoms with E-state index in [4.69, 9.17) is 14.7 Å². The average Bonchev–Trinajstić information content (AvgIpc) is 3.63. The number of carboxylic acid groups (broad SMARTS) is 1. The minimum Gasteiger partial charge on any atom is -0.487 e. The number of nitrogens with zero attached hydrogens (tertiary/aromatic N) is 1. The van der Waals surface area contributed by atoms with Crippen molar-refractivity contribution in [3.8, 4) is 5.75 Å². The number of benzene rings is 3. The summed E-state index contributed by atoms with van der Waals surface area (Å²) in [5, 5.41) is 13.2. The maximum Gasteiger partial charge on any atom is 0.307 e. The molecule has 1 N–H and O–H groups in total. The molecule has 2 atom stereocenters. The number of hydrogen-bond donors (Lipinski definition) is 1. The van der Waals surface area contributed by atoms with Gasteiger partial charge in [0.25, 0.3) is 0 Å². The summed E-state index contributed by atoms with van der Waals surface area (Å²) >= 11 is 0. The maximum absolute atomic E-state index is 11.0. The molecule has 0 aromatic heterocycles. The van der Waals surface area contributed by atoms with Crippen molar-refractivity contribution in [2.45, 2.75) is 25.2 Å². The van der Waals surface area contributed by atoms with Crippen molar-refractivity contribution in [1.29, 1.82) is 0 Å². The zero-order valence-electron chi connectivity index (χ0n) is 18.1. The van der Waals surface area contributed by atoms with E-state index in [0.29, 0.717) is 6.61 Å². The zero-order valence-corrected chi connectivity index (χ0v) is 18.1. The summed E-state index contributed by atoms with van der Waals surface area (Å²) in [6, 6.07) is 26.3. The number of oxime groups is 1. The minimum absolute atomic E-state index is 0.186. The van der Waals surface area contributed by atoms with Crippen LogP contribution in [0.5, 0.6) is 5.75 Å². The van der Waals surface area contributed by atoms with Crippen LogP contribution < -0.4 is 4.74 Å². The van der Waals surface area contributed by atoms with Gasteiger partial charge in [0, 0.05) is 5.56 Å². The summed E-state index contributed by atoms with van der Waals surface area (Å²) in [6.07, 6.45) is 2.63. The highest BCUT2D eigenvalue weighted by molar-refractivity contribution is 6.01. The van der Waals surface area contributed by atoms with E-state index in [1.54, 1.807) is 0 Å². The molecule has 1 fully saturated rings. The summed E-state index contributed by atoms with van der Waals surface area (Å²) in [7, 11) is 1.53. The molecule has 1 saturated carbocycles. The molecule has 0 unspecified atom stereocenters. The lowest BCUT2D eigenvalue weighted by molar-refractivity contribution is -0.138. The second-order valence-corrected chi connectivity index (χ2v) is 8.05. The average molecular weight is 430 g/mol. The summed E-state index contributed by atoms with van der Waals surface area (Å²) in [5.74, 6) is 0.0839. The first-order valence-corrected chi connectivity index (χ1v) is 10.8. The van der Waals surface area contributed by atoms with E-state index in [1.807, 2.05) is 42.5 Å². The van der Waals surface area contributed by atoms with Gasteiger partial charge in [-0.2, -0.15) is 0 Å². The standard InChI is InChI=1S/C27H27NO4/c1-31-28-26(22-5-3-2-4-6-22)18-32-23-15-11-20(12-16-23)8-7-19-9-13-21(14-10-19)24-17-25(24)27(29)30/h2-6,9-16,24-25H,7-8,17-18H2,1H3,(H,29,30)/b28-26-/t24-,25+/m0/s1. The lowest BCUT2D eigenvalue weighted by atomic mass is 10.0. The molecule has 3 aromatic rings. The van der Waals surface area contributed by atoms with Gasteiger partial charge in [0.1, 0.15) is 25.2 Å². The van der Waals surface area contributed by atoms with Crippen molar-refractivity contribution >= 4 is 11.7 Å². The van der Waals surface area contributed by atoms with Crippen molar-refractivity contribution in [3.05, 3.63) is 101 Å². The van der Waals surface area contributed by atoms with Crippen LogP contribution in [-0.4, -0.2) is 30.5 Å². The molecule has 32 heavy (non-hydrogen) atoms. The van der Waals surface area contributed by atoms with Gasteiger partial charge >= 0.3 is 5.97 Å². The Balaban J connectivity index is 1.27. The molecule has 3 aromatic carbocycles. The summed E-state index contributed by atoms with van der Waals surface area (Å²) in [5.41, 5.74) is 5.33. The van der Waals surface area contributed by atoms with Gasteiger partial charge in [-0.25, -0.2) is 0 Å². The first-order chi connectivity index (χ1) is 15.6. The Hall–Kier alpha value is -3.60. The van der Waals surface area contributed by atoms with Gasteiger partial charge in [0.15, 0.2) is 0 Å². The normalized spacial score (nSPS) is 17.6. The zero-order chi connectivity index (χ0) is 22.3. The van der Waals surface area contributed by atoms with E-state index in [2.05, 4.69) is 41.6 Å². The van der Waals surface area contributed by atoms with E-state index in [9.17, 15) is 4.79 Å². The molecular weight excluding hydrogens is 402 g/mol. The Bertz CT molecular complexity index is 1060. The lowest BCUT2D eigenvalue weighted by Crippen LogP contribution is -2.13. The molecule has 5 nitrogen and oxygen atoms in total. The highest BCUT2D eigenvalue weighted by Gasteiger charge is 2.43. The second-order valence-electron chi connectivity index (χ2n) is 8.05. The third-order valence-corrected chi connectivity index (χ3v) is 5.83. The van der Waals surface area contributed by atoms with Gasteiger partial charge in [-0.1, -0.05) is 71.9 Å². The first kappa shape index (κ1) is 21.6. The quantitative estimate of drug-likeness (QED) is 0.360. The minimum atomic E-state index is -0.686. The smallest absolute Gasteiger partial charge is 0.307 e. The summed E-state index contributed by atoms with van der Waals surface area (Å²) in [6.45, 7) is 0.327. The predicted octanol–water partition coefficient (Wildman–Crippen LogP) is 5.09. The molecule has 1 aliphatic rings. The third-order valence-electron chi connectivity index (χ3n) is 5.83. The molecule has 0 aliphatic heterocycles. The van der Waals surface area contributed by atoms with Crippen LogP contribution in [0.2, 0.25) is 0 Å². The van der Waals surface area contributed by atoms with E-state index >= 15 is 0 Å². The Morgan fingerprint density at radius 3 is 2.12 bits per heavy atom. The van der Waals surface area contributed by atoms with Gasteiger partial charge in [-0.05, 0) is 54.0 Å². The Morgan fingerprint density at radius 1 is 0.938 bits per heavy atom. The number of hydrogen-bond acceptors (Lipinski definition) is 4. The number of aliphatic carboxylic acids is 1. The van der Waals surface area contributed by atoms with Gasteiger partial charge in [0.2, 0.25) is 0 Å². The molecule has 4 rings (SSSR count). The SMILES string of the molecule is CO/N=C(/COc1ccc(CCc2ccc([C@@H]3C[C@H]3C(=O)O)cc2)cc1)c1ccccc1. The maximum atomic E-state index is 11.0. The van der Waals surface area contributed by atoms with E-state index in [1.165, 1.54) is 18.2 Å². The van der Waals surface area contributed by atoms with Crippen molar-refractivity contribution in [1.82, 2.24) is 0 Å². The molecule has 0 spiro atoms. The van der Waals surface area contributed by atoms with Crippen molar-refractivity contribution in [3.63, 3.8) is 0 Å². The fourth-order valence-electron chi connectivity index (χ4n) is 3.86. The van der Waals surface area contributed by atoms with Crippen molar-refractivity contribution in [2.75, 3.05) is 13.7 Å². The molecule has 0 heterocycles. The van der Waals surface area contributed by atoms with Crippen LogP contribution in [0.25, 0.3) is 0 Å². The van der Waals surface area contributed by atoms with Gasteiger partial charge in [-0.15, -0.1) is 0 Å². The van der Waals surface area contributed by atoms with Crippen molar-refractivity contribution < 1.29 is 19.5 Å². The summed E-state index contributed by atoms with van der Waals surface area (Å²) < 4.78 is 5.91. The number of ether oxygens (including phenoxy) is 1. The van der Waals surface area contributed by atoms with Crippen LogP contribution in [0.1, 0.15) is 34.6 Å². The molecule has 0 radical (unpaired) electrons. The fraction of sp³-hybridized carbons (Fsp3) is 0.259. The largest absolute Gasteiger partial charge is 0.487 e. The Kier molecular flexibility index (Phi) is 6.85. The first-order valence-electron chi connectivity index (χ1n) is 10.8. The number of carboxylic acids is 1. The molecule has 0 saturated heterocycles. The van der Waals surface area contributed by atoms with E-state index in [-0.39, 0.29) is 11.8 Å². The molecule has 0 bridgehead atoms. The van der Waals surface area contributed by atoms with Gasteiger partial charge < -0.3 is 14.7 Å². The number of rotatable bonds is 10. The van der Waals surface area contributed by atoms with Crippen LogP contribution >= 0.6 is 0 Å². The highest BCUT2D eigenvalue weighted by atomic mass is 16.6. The van der Waals surface area contributed by atoms with Gasteiger partial charge in [0.05, 0.1) is 5.92 Å².